The SMILES string of the molecule is O=C(O)CC(C(=O)O)c1nc2cc(=O)nc-2c1=O. The minimum Gasteiger partial charge on any atom is -0.481 e. The van der Waals surface area contributed by atoms with Gasteiger partial charge in [0.2, 0.25) is 5.43 Å². The molecule has 0 aromatic rings. The third-order valence-corrected chi connectivity index (χ3v) is 2.42. The van der Waals surface area contributed by atoms with E-state index in [-0.39, 0.29) is 11.4 Å². The highest BCUT2D eigenvalue weighted by molar-refractivity contribution is 5.82. The summed E-state index contributed by atoms with van der Waals surface area (Å²) < 4.78 is 0. The summed E-state index contributed by atoms with van der Waals surface area (Å²) in [6, 6.07) is 1.000. The number of aromatic nitrogens is 2. The Balaban J connectivity index is 2.55. The fourth-order valence-electron chi connectivity index (χ4n) is 1.65. The van der Waals surface area contributed by atoms with Crippen LogP contribution < -0.4 is 11.0 Å². The second-order valence-electron chi connectivity index (χ2n) is 3.64. The lowest BCUT2D eigenvalue weighted by atomic mass is 10.0. The van der Waals surface area contributed by atoms with Crippen molar-refractivity contribution in [1.82, 2.24) is 9.97 Å². The van der Waals surface area contributed by atoms with Crippen molar-refractivity contribution in [2.75, 3.05) is 0 Å². The molecule has 0 aromatic carbocycles. The molecule has 1 unspecified atom stereocenters. The summed E-state index contributed by atoms with van der Waals surface area (Å²) in [7, 11) is 0. The van der Waals surface area contributed by atoms with Gasteiger partial charge in [0.15, 0.2) is 0 Å². The normalized spacial score (nSPS) is 12.7. The van der Waals surface area contributed by atoms with E-state index in [1.165, 1.54) is 0 Å². The van der Waals surface area contributed by atoms with E-state index in [9.17, 15) is 19.2 Å². The van der Waals surface area contributed by atoms with Gasteiger partial charge >= 0.3 is 11.9 Å². The zero-order valence-corrected chi connectivity index (χ0v) is 8.78. The lowest BCUT2D eigenvalue weighted by Gasteiger charge is -2.04. The Morgan fingerprint density at radius 1 is 1.22 bits per heavy atom. The van der Waals surface area contributed by atoms with Crippen LogP contribution in [0.1, 0.15) is 18.0 Å². The standard InChI is InChI=1S/C10H6N2O6/c13-5-2-4-8(12-5)9(16)7(11-4)3(10(17)18)1-6(14)15/h2-3H,1H2,(H,14,15)(H,17,18). The van der Waals surface area contributed by atoms with Gasteiger partial charge in [-0.05, 0) is 0 Å². The summed E-state index contributed by atoms with van der Waals surface area (Å²) in [6.45, 7) is 0. The molecule has 0 aromatic heterocycles. The first kappa shape index (κ1) is 11.8. The van der Waals surface area contributed by atoms with E-state index in [1.807, 2.05) is 0 Å². The lowest BCUT2D eigenvalue weighted by Crippen LogP contribution is -2.22. The van der Waals surface area contributed by atoms with Gasteiger partial charge in [-0.1, -0.05) is 0 Å². The number of fused-ring (bicyclic) bond motifs is 1. The molecule has 0 spiro atoms. The van der Waals surface area contributed by atoms with Gasteiger partial charge in [0, 0.05) is 6.07 Å². The third-order valence-electron chi connectivity index (χ3n) is 2.42. The molecule has 2 heterocycles. The first-order chi connectivity index (χ1) is 8.40. The number of nitrogens with zero attached hydrogens (tertiary/aromatic N) is 2. The Morgan fingerprint density at radius 3 is 2.39 bits per heavy atom. The molecule has 0 fully saturated rings. The molecule has 0 amide bonds. The van der Waals surface area contributed by atoms with Crippen molar-refractivity contribution in [3.63, 3.8) is 0 Å². The Kier molecular flexibility index (Phi) is 2.62. The maximum atomic E-state index is 11.7. The maximum Gasteiger partial charge on any atom is 0.313 e. The summed E-state index contributed by atoms with van der Waals surface area (Å²) in [5.74, 6) is -4.36. The molecule has 8 heteroatoms. The summed E-state index contributed by atoms with van der Waals surface area (Å²) in [5.41, 5.74) is -2.06. The van der Waals surface area contributed by atoms with Gasteiger partial charge in [0.1, 0.15) is 17.3 Å². The zero-order valence-electron chi connectivity index (χ0n) is 8.78. The molecule has 2 N–H and O–H groups in total. The molecular formula is C10H6N2O6. The van der Waals surface area contributed by atoms with Gasteiger partial charge < -0.3 is 10.2 Å². The molecule has 0 radical (unpaired) electrons. The number of hydrogen-bond donors (Lipinski definition) is 2. The molecule has 2 rings (SSSR count). The summed E-state index contributed by atoms with van der Waals surface area (Å²) in [6.07, 6.45) is -0.756. The molecule has 18 heavy (non-hydrogen) atoms. The van der Waals surface area contributed by atoms with Crippen LogP contribution in [0.15, 0.2) is 15.7 Å². The topological polar surface area (TPSA) is 135 Å². The predicted molar refractivity (Wildman–Crippen MR) is 56.2 cm³/mol. The van der Waals surface area contributed by atoms with Crippen LogP contribution in [-0.4, -0.2) is 32.1 Å². The van der Waals surface area contributed by atoms with Crippen LogP contribution in [-0.2, 0) is 9.59 Å². The monoisotopic (exact) mass is 250 g/mol. The van der Waals surface area contributed by atoms with Crippen molar-refractivity contribution >= 4 is 11.9 Å². The van der Waals surface area contributed by atoms with Gasteiger partial charge in [-0.25, -0.2) is 9.97 Å². The maximum absolute atomic E-state index is 11.7. The number of hydrogen-bond acceptors (Lipinski definition) is 6. The van der Waals surface area contributed by atoms with Crippen LogP contribution >= 0.6 is 0 Å². The highest BCUT2D eigenvalue weighted by atomic mass is 16.4. The fourth-order valence-corrected chi connectivity index (χ4v) is 1.65. The molecule has 0 saturated carbocycles. The Morgan fingerprint density at radius 2 is 1.89 bits per heavy atom. The number of carboxylic acids is 2. The van der Waals surface area contributed by atoms with Crippen molar-refractivity contribution in [2.24, 2.45) is 0 Å². The molecule has 92 valence electrons. The highest BCUT2D eigenvalue weighted by Crippen LogP contribution is 2.21. The first-order valence-corrected chi connectivity index (χ1v) is 4.82. The van der Waals surface area contributed by atoms with Gasteiger partial charge in [0.25, 0.3) is 5.56 Å². The molecule has 2 aliphatic heterocycles. The van der Waals surface area contributed by atoms with Crippen molar-refractivity contribution in [1.29, 1.82) is 0 Å². The minimum atomic E-state index is -1.54. The van der Waals surface area contributed by atoms with E-state index in [0.717, 1.165) is 6.07 Å². The molecule has 0 bridgehead atoms. The second kappa shape index (κ2) is 3.99. The number of rotatable bonds is 4. The van der Waals surface area contributed by atoms with E-state index >= 15 is 0 Å². The van der Waals surface area contributed by atoms with Crippen LogP contribution in [0.3, 0.4) is 0 Å². The average Bonchev–Trinajstić information content (AvgIpc) is 2.74. The first-order valence-electron chi connectivity index (χ1n) is 4.82. The number of carboxylic acid groups (broad SMARTS) is 2. The largest absolute Gasteiger partial charge is 0.481 e. The lowest BCUT2D eigenvalue weighted by molar-refractivity contribution is -0.145. The van der Waals surface area contributed by atoms with E-state index < -0.39 is 41.0 Å². The molecule has 1 atom stereocenters. The van der Waals surface area contributed by atoms with Crippen LogP contribution in [0, 0.1) is 0 Å². The van der Waals surface area contributed by atoms with Crippen molar-refractivity contribution in [3.05, 3.63) is 32.3 Å². The molecule has 0 saturated heterocycles. The van der Waals surface area contributed by atoms with E-state index in [2.05, 4.69) is 9.97 Å². The van der Waals surface area contributed by atoms with Gasteiger partial charge in [0.05, 0.1) is 12.1 Å². The van der Waals surface area contributed by atoms with E-state index in [1.54, 1.807) is 0 Å². The van der Waals surface area contributed by atoms with Crippen LogP contribution in [0.25, 0.3) is 11.4 Å². The van der Waals surface area contributed by atoms with Crippen LogP contribution in [0.5, 0.6) is 0 Å². The van der Waals surface area contributed by atoms with Crippen LogP contribution in [0.4, 0.5) is 0 Å². The van der Waals surface area contributed by atoms with Crippen molar-refractivity contribution < 1.29 is 19.8 Å². The van der Waals surface area contributed by atoms with Crippen molar-refractivity contribution in [3.8, 4) is 11.4 Å². The number of aliphatic carboxylic acids is 2. The van der Waals surface area contributed by atoms with Crippen molar-refractivity contribution in [2.45, 2.75) is 12.3 Å². The van der Waals surface area contributed by atoms with Gasteiger partial charge in [-0.3, -0.25) is 19.2 Å². The van der Waals surface area contributed by atoms with Gasteiger partial charge in [-0.15, -0.1) is 0 Å². The fraction of sp³-hybridized carbons (Fsp3) is 0.200. The third kappa shape index (κ3) is 1.83. The molecular weight excluding hydrogens is 244 g/mol. The summed E-state index contributed by atoms with van der Waals surface area (Å²) in [5, 5.41) is 17.5. The Bertz CT molecular complexity index is 684. The predicted octanol–water partition coefficient (Wildman–Crippen LogP) is -1.18. The zero-order chi connectivity index (χ0) is 13.4. The minimum absolute atomic E-state index is 0.00311. The quantitative estimate of drug-likeness (QED) is 0.692. The summed E-state index contributed by atoms with van der Waals surface area (Å²) in [4.78, 5) is 51.2. The Hall–Kier alpha value is -2.64. The Labute approximate surface area is 98.6 Å². The van der Waals surface area contributed by atoms with Crippen LogP contribution in [0.2, 0.25) is 0 Å². The average molecular weight is 250 g/mol. The van der Waals surface area contributed by atoms with E-state index in [0.29, 0.717) is 0 Å². The smallest absolute Gasteiger partial charge is 0.313 e. The summed E-state index contributed by atoms with van der Waals surface area (Å²) >= 11 is 0. The molecule has 2 aliphatic rings. The molecule has 8 nitrogen and oxygen atoms in total. The van der Waals surface area contributed by atoms with Gasteiger partial charge in [-0.2, -0.15) is 0 Å². The highest BCUT2D eigenvalue weighted by Gasteiger charge is 2.31. The number of carbonyl (C=O) groups is 2. The second-order valence-corrected chi connectivity index (χ2v) is 3.64. The van der Waals surface area contributed by atoms with E-state index in [4.69, 9.17) is 10.2 Å². The molecule has 0 aliphatic carbocycles.